The van der Waals surface area contributed by atoms with Gasteiger partial charge in [-0.2, -0.15) is 0 Å². The van der Waals surface area contributed by atoms with E-state index in [0.717, 1.165) is 55.3 Å². The van der Waals surface area contributed by atoms with E-state index in [0.29, 0.717) is 18.9 Å². The van der Waals surface area contributed by atoms with Crippen LogP contribution < -0.4 is 4.90 Å². The predicted molar refractivity (Wildman–Crippen MR) is 137 cm³/mol. The Balaban J connectivity index is 1.71. The number of anilines is 1. The molecule has 2 aliphatic carbocycles. The molecule has 3 aliphatic rings. The number of benzene rings is 1. The number of carbonyl (C=O) groups excluding carboxylic acids is 2. The van der Waals surface area contributed by atoms with Gasteiger partial charge in [0.25, 0.3) is 0 Å². The number of ether oxygens (including phenoxy) is 1. The summed E-state index contributed by atoms with van der Waals surface area (Å²) in [7, 11) is 0. The Labute approximate surface area is 204 Å². The summed E-state index contributed by atoms with van der Waals surface area (Å²) in [5, 5.41) is 0. The van der Waals surface area contributed by atoms with Crippen molar-refractivity contribution >= 4 is 17.7 Å². The molecule has 2 fully saturated rings. The first kappa shape index (κ1) is 24.3. The van der Waals surface area contributed by atoms with E-state index < -0.39 is 0 Å². The summed E-state index contributed by atoms with van der Waals surface area (Å²) >= 11 is 0. The van der Waals surface area contributed by atoms with Gasteiger partial charge in [-0.1, -0.05) is 69.9 Å². The van der Waals surface area contributed by atoms with E-state index in [2.05, 4.69) is 31.0 Å². The molecule has 0 spiro atoms. The van der Waals surface area contributed by atoms with E-state index in [1.54, 1.807) is 12.2 Å². The standard InChI is InChI=1S/C29H38N2O3/c1-5-12-20(7-3)26(8-4)34-29(33)31-24-16-10-9-14-22(24)28(23-15-11-17-25(23)31)30(21-18-19-21)27(32)13-6-2/h5,7,9-10,12,14,16,21,23,25-26,28H,1,3,6,8,11,13,15,17-19H2,2,4H3. The summed E-state index contributed by atoms with van der Waals surface area (Å²) in [5.74, 6) is 0.481. The van der Waals surface area contributed by atoms with Crippen molar-refractivity contribution in [3.8, 4) is 0 Å². The highest BCUT2D eigenvalue weighted by Gasteiger charge is 2.51. The first-order valence-corrected chi connectivity index (χ1v) is 12.9. The SMILES string of the molecule is C=CC=C(C=C)C(CC)OC(=O)N1c2ccccc2C(N(C(=O)CCC)C2CC2)C2CCCC21. The van der Waals surface area contributed by atoms with E-state index in [4.69, 9.17) is 4.74 Å². The number of amides is 2. The van der Waals surface area contributed by atoms with Crippen LogP contribution in [0.2, 0.25) is 0 Å². The van der Waals surface area contributed by atoms with Gasteiger partial charge in [-0.25, -0.2) is 4.79 Å². The van der Waals surface area contributed by atoms with Crippen molar-refractivity contribution < 1.29 is 14.3 Å². The molecule has 5 heteroatoms. The van der Waals surface area contributed by atoms with Crippen LogP contribution >= 0.6 is 0 Å². The normalized spacial score (nSPS) is 24.6. The lowest BCUT2D eigenvalue weighted by atomic mass is 9.81. The Morgan fingerprint density at radius 2 is 1.94 bits per heavy atom. The van der Waals surface area contributed by atoms with Crippen LogP contribution in [-0.2, 0) is 9.53 Å². The summed E-state index contributed by atoms with van der Waals surface area (Å²) < 4.78 is 6.07. The van der Waals surface area contributed by atoms with Crippen LogP contribution in [0.4, 0.5) is 10.5 Å². The molecule has 1 aliphatic heterocycles. The molecule has 34 heavy (non-hydrogen) atoms. The topological polar surface area (TPSA) is 49.9 Å². The summed E-state index contributed by atoms with van der Waals surface area (Å²) in [4.78, 5) is 31.1. The Morgan fingerprint density at radius 1 is 1.18 bits per heavy atom. The third kappa shape index (κ3) is 4.57. The van der Waals surface area contributed by atoms with Gasteiger partial charge in [0.2, 0.25) is 5.91 Å². The average Bonchev–Trinajstić information content (AvgIpc) is 3.56. The number of allylic oxidation sites excluding steroid dienone is 2. The quantitative estimate of drug-likeness (QED) is 0.383. The Bertz CT molecular complexity index is 964. The molecule has 0 aromatic heterocycles. The number of hydrogen-bond acceptors (Lipinski definition) is 3. The smallest absolute Gasteiger partial charge is 0.415 e. The lowest BCUT2D eigenvalue weighted by Crippen LogP contribution is -2.53. The van der Waals surface area contributed by atoms with Crippen LogP contribution in [0, 0.1) is 5.92 Å². The predicted octanol–water partition coefficient (Wildman–Crippen LogP) is 6.72. The van der Waals surface area contributed by atoms with Crippen LogP contribution in [0.3, 0.4) is 0 Å². The molecule has 4 unspecified atom stereocenters. The number of nitrogens with zero attached hydrogens (tertiary/aromatic N) is 2. The summed E-state index contributed by atoms with van der Waals surface area (Å²) in [6.07, 6.45) is 11.8. The number of para-hydroxylation sites is 1. The fourth-order valence-corrected chi connectivity index (χ4v) is 5.90. The van der Waals surface area contributed by atoms with Crippen molar-refractivity contribution in [3.63, 3.8) is 0 Å². The van der Waals surface area contributed by atoms with Crippen molar-refractivity contribution in [2.75, 3.05) is 4.90 Å². The fraction of sp³-hybridized carbons (Fsp3) is 0.517. The van der Waals surface area contributed by atoms with Crippen molar-refractivity contribution in [2.24, 2.45) is 5.92 Å². The van der Waals surface area contributed by atoms with E-state index in [1.165, 1.54) is 0 Å². The lowest BCUT2D eigenvalue weighted by molar-refractivity contribution is -0.136. The van der Waals surface area contributed by atoms with Crippen molar-refractivity contribution in [2.45, 2.75) is 89.4 Å². The van der Waals surface area contributed by atoms with Crippen LogP contribution in [0.5, 0.6) is 0 Å². The molecular formula is C29H38N2O3. The molecule has 1 aromatic carbocycles. The highest BCUT2D eigenvalue weighted by molar-refractivity contribution is 5.91. The largest absolute Gasteiger partial charge is 0.441 e. The summed E-state index contributed by atoms with van der Waals surface area (Å²) in [6, 6.07) is 8.53. The van der Waals surface area contributed by atoms with Gasteiger partial charge < -0.3 is 9.64 Å². The van der Waals surface area contributed by atoms with Gasteiger partial charge in [0, 0.05) is 24.4 Å². The monoisotopic (exact) mass is 462 g/mol. The molecule has 0 saturated heterocycles. The Kier molecular flexibility index (Phi) is 7.60. The maximum atomic E-state index is 13.7. The van der Waals surface area contributed by atoms with Crippen LogP contribution in [-0.4, -0.2) is 35.1 Å². The Morgan fingerprint density at radius 3 is 2.59 bits per heavy atom. The highest BCUT2D eigenvalue weighted by atomic mass is 16.6. The molecule has 1 aromatic rings. The average molecular weight is 463 g/mol. The first-order valence-electron chi connectivity index (χ1n) is 12.9. The van der Waals surface area contributed by atoms with Gasteiger partial charge in [0.1, 0.15) is 6.10 Å². The molecule has 2 amide bonds. The minimum Gasteiger partial charge on any atom is -0.441 e. The zero-order valence-corrected chi connectivity index (χ0v) is 20.6. The second-order valence-electron chi connectivity index (χ2n) is 9.71. The van der Waals surface area contributed by atoms with Crippen molar-refractivity contribution in [1.29, 1.82) is 0 Å². The van der Waals surface area contributed by atoms with Gasteiger partial charge >= 0.3 is 6.09 Å². The lowest BCUT2D eigenvalue weighted by Gasteiger charge is -2.47. The molecule has 182 valence electrons. The molecule has 4 atom stereocenters. The van der Waals surface area contributed by atoms with Gasteiger partial charge in [-0.15, -0.1) is 0 Å². The third-order valence-electron chi connectivity index (χ3n) is 7.50. The zero-order valence-electron chi connectivity index (χ0n) is 20.6. The second kappa shape index (κ2) is 10.6. The second-order valence-corrected chi connectivity index (χ2v) is 9.71. The van der Waals surface area contributed by atoms with Crippen LogP contribution in [0.25, 0.3) is 0 Å². The Hall–Kier alpha value is -2.82. The maximum absolute atomic E-state index is 13.7. The van der Waals surface area contributed by atoms with Crippen LogP contribution in [0.15, 0.2) is 61.2 Å². The molecule has 0 N–H and O–H groups in total. The third-order valence-corrected chi connectivity index (χ3v) is 7.50. The molecule has 0 bridgehead atoms. The van der Waals surface area contributed by atoms with Gasteiger partial charge in [0.15, 0.2) is 0 Å². The van der Waals surface area contributed by atoms with E-state index in [9.17, 15) is 9.59 Å². The minimum atomic E-state index is -0.373. The van der Waals surface area contributed by atoms with Gasteiger partial charge in [-0.3, -0.25) is 9.69 Å². The zero-order chi connectivity index (χ0) is 24.2. The number of carbonyl (C=O) groups is 2. The summed E-state index contributed by atoms with van der Waals surface area (Å²) in [5.41, 5.74) is 2.82. The molecule has 5 nitrogen and oxygen atoms in total. The summed E-state index contributed by atoms with van der Waals surface area (Å²) in [6.45, 7) is 11.7. The fourth-order valence-electron chi connectivity index (χ4n) is 5.90. The number of hydrogen-bond donors (Lipinski definition) is 0. The van der Waals surface area contributed by atoms with Gasteiger partial charge in [-0.05, 0) is 55.7 Å². The van der Waals surface area contributed by atoms with Crippen molar-refractivity contribution in [3.05, 3.63) is 66.8 Å². The molecular weight excluding hydrogens is 424 g/mol. The number of fused-ring (bicyclic) bond motifs is 2. The maximum Gasteiger partial charge on any atom is 0.415 e. The first-order chi connectivity index (χ1) is 16.5. The molecule has 4 rings (SSSR count). The van der Waals surface area contributed by atoms with E-state index in [-0.39, 0.29) is 36.1 Å². The van der Waals surface area contributed by atoms with Crippen molar-refractivity contribution in [1.82, 2.24) is 4.90 Å². The molecule has 2 saturated carbocycles. The van der Waals surface area contributed by atoms with E-state index in [1.807, 2.05) is 36.1 Å². The molecule has 1 heterocycles. The van der Waals surface area contributed by atoms with Gasteiger partial charge in [0.05, 0.1) is 11.7 Å². The minimum absolute atomic E-state index is 0.0330. The number of rotatable bonds is 9. The van der Waals surface area contributed by atoms with Crippen LogP contribution in [0.1, 0.15) is 76.8 Å². The highest BCUT2D eigenvalue weighted by Crippen LogP contribution is 2.52. The molecule has 0 radical (unpaired) electrons. The van der Waals surface area contributed by atoms with E-state index >= 15 is 0 Å².